The third-order valence-electron chi connectivity index (χ3n) is 8.10. The van der Waals surface area contributed by atoms with Gasteiger partial charge in [-0.25, -0.2) is 0 Å². The highest BCUT2D eigenvalue weighted by Gasteiger charge is 2.42. The van der Waals surface area contributed by atoms with E-state index in [0.717, 1.165) is 44.4 Å². The quantitative estimate of drug-likeness (QED) is 0.760. The average molecular weight is 390 g/mol. The monoisotopic (exact) mass is 389 g/mol. The Morgan fingerprint density at radius 2 is 1.71 bits per heavy atom. The van der Waals surface area contributed by atoms with Gasteiger partial charge in [-0.15, -0.1) is 0 Å². The van der Waals surface area contributed by atoms with E-state index in [1.165, 1.54) is 57.8 Å². The first kappa shape index (κ1) is 20.2. The van der Waals surface area contributed by atoms with Crippen LogP contribution in [0.5, 0.6) is 0 Å². The fraction of sp³-hybridized carbons (Fsp3) is 0.913. The summed E-state index contributed by atoms with van der Waals surface area (Å²) < 4.78 is 0. The number of piperazine rings is 1. The van der Waals surface area contributed by atoms with Crippen LogP contribution in [0.25, 0.3) is 0 Å². The standard InChI is InChI=1S/C23H39N3O2/c1-17(21-14-19-7-8-20(21)13-19)24-22(27)16-25-9-11-26(12-10-25)23(28)15-18-5-3-2-4-6-18/h17-21H,2-16H2,1H3,(H,24,27). The van der Waals surface area contributed by atoms with Gasteiger partial charge in [-0.3, -0.25) is 14.5 Å². The van der Waals surface area contributed by atoms with Crippen LogP contribution < -0.4 is 5.32 Å². The van der Waals surface area contributed by atoms with Gasteiger partial charge in [-0.2, -0.15) is 0 Å². The minimum atomic E-state index is 0.164. The first-order valence-corrected chi connectivity index (χ1v) is 11.9. The minimum Gasteiger partial charge on any atom is -0.352 e. The number of carbonyl (C=O) groups is 2. The smallest absolute Gasteiger partial charge is 0.234 e. The summed E-state index contributed by atoms with van der Waals surface area (Å²) in [5, 5.41) is 3.28. The molecule has 2 amide bonds. The molecule has 0 aromatic carbocycles. The first-order chi connectivity index (χ1) is 13.6. The number of rotatable bonds is 6. The lowest BCUT2D eigenvalue weighted by molar-refractivity contribution is -0.134. The molecule has 0 spiro atoms. The van der Waals surface area contributed by atoms with Crippen LogP contribution in [0.1, 0.15) is 71.1 Å². The van der Waals surface area contributed by atoms with Gasteiger partial charge < -0.3 is 10.2 Å². The van der Waals surface area contributed by atoms with Gasteiger partial charge in [0.25, 0.3) is 0 Å². The van der Waals surface area contributed by atoms with Gasteiger partial charge in [0.05, 0.1) is 6.54 Å². The van der Waals surface area contributed by atoms with Gasteiger partial charge in [-0.05, 0) is 62.7 Å². The average Bonchev–Trinajstić information content (AvgIpc) is 3.33. The Morgan fingerprint density at radius 3 is 2.36 bits per heavy atom. The lowest BCUT2D eigenvalue weighted by atomic mass is 9.84. The van der Waals surface area contributed by atoms with Crippen LogP contribution in [-0.2, 0) is 9.59 Å². The molecule has 28 heavy (non-hydrogen) atoms. The Bertz CT molecular complexity index is 552. The predicted octanol–water partition coefficient (Wildman–Crippen LogP) is 3.04. The summed E-state index contributed by atoms with van der Waals surface area (Å²) in [6, 6.07) is 0.307. The van der Waals surface area contributed by atoms with Crippen molar-refractivity contribution in [2.75, 3.05) is 32.7 Å². The molecule has 0 radical (unpaired) electrons. The molecule has 158 valence electrons. The van der Waals surface area contributed by atoms with Gasteiger partial charge in [0, 0.05) is 38.6 Å². The highest BCUT2D eigenvalue weighted by molar-refractivity contribution is 5.78. The fourth-order valence-corrected chi connectivity index (χ4v) is 6.44. The number of fused-ring (bicyclic) bond motifs is 2. The molecular formula is C23H39N3O2. The zero-order valence-corrected chi connectivity index (χ0v) is 17.7. The summed E-state index contributed by atoms with van der Waals surface area (Å²) in [4.78, 5) is 29.4. The van der Waals surface area contributed by atoms with Crippen molar-refractivity contribution in [1.82, 2.24) is 15.1 Å². The maximum absolute atomic E-state index is 12.6. The maximum Gasteiger partial charge on any atom is 0.234 e. The Morgan fingerprint density at radius 1 is 0.964 bits per heavy atom. The van der Waals surface area contributed by atoms with E-state index in [9.17, 15) is 9.59 Å². The number of nitrogens with zero attached hydrogens (tertiary/aromatic N) is 2. The van der Waals surface area contributed by atoms with Gasteiger partial charge in [0.2, 0.25) is 11.8 Å². The van der Waals surface area contributed by atoms with Crippen molar-refractivity contribution in [1.29, 1.82) is 0 Å². The zero-order valence-electron chi connectivity index (χ0n) is 17.7. The van der Waals surface area contributed by atoms with Gasteiger partial charge in [0.15, 0.2) is 0 Å². The molecule has 4 rings (SSSR count). The van der Waals surface area contributed by atoms with Gasteiger partial charge in [-0.1, -0.05) is 25.7 Å². The predicted molar refractivity (Wildman–Crippen MR) is 111 cm³/mol. The lowest BCUT2D eigenvalue weighted by Crippen LogP contribution is -2.52. The van der Waals surface area contributed by atoms with Crippen LogP contribution in [0.3, 0.4) is 0 Å². The SMILES string of the molecule is CC(NC(=O)CN1CCN(C(=O)CC2CCCCC2)CC1)C1CC2CCC1C2. The molecule has 3 saturated carbocycles. The summed E-state index contributed by atoms with van der Waals surface area (Å²) in [6.07, 6.45) is 12.6. The lowest BCUT2D eigenvalue weighted by Gasteiger charge is -2.36. The van der Waals surface area contributed by atoms with E-state index in [2.05, 4.69) is 17.1 Å². The number of amides is 2. The van der Waals surface area contributed by atoms with Crippen molar-refractivity contribution in [2.24, 2.45) is 23.7 Å². The Balaban J connectivity index is 1.15. The second kappa shape index (κ2) is 9.15. The van der Waals surface area contributed by atoms with Crippen LogP contribution >= 0.6 is 0 Å². The van der Waals surface area contributed by atoms with E-state index in [-0.39, 0.29) is 5.91 Å². The molecule has 1 heterocycles. The molecule has 3 aliphatic carbocycles. The van der Waals surface area contributed by atoms with E-state index in [1.807, 2.05) is 4.90 Å². The topological polar surface area (TPSA) is 52.7 Å². The summed E-state index contributed by atoms with van der Waals surface area (Å²) in [5.74, 6) is 3.57. The molecule has 4 unspecified atom stereocenters. The van der Waals surface area contributed by atoms with Crippen LogP contribution in [0, 0.1) is 23.7 Å². The minimum absolute atomic E-state index is 0.164. The van der Waals surface area contributed by atoms with E-state index in [0.29, 0.717) is 30.3 Å². The van der Waals surface area contributed by atoms with Crippen LogP contribution in [0.4, 0.5) is 0 Å². The molecule has 0 aromatic heterocycles. The van der Waals surface area contributed by atoms with E-state index < -0.39 is 0 Å². The van der Waals surface area contributed by atoms with Crippen molar-refractivity contribution < 1.29 is 9.59 Å². The molecule has 5 nitrogen and oxygen atoms in total. The van der Waals surface area contributed by atoms with Crippen molar-refractivity contribution in [3.8, 4) is 0 Å². The van der Waals surface area contributed by atoms with Crippen molar-refractivity contribution >= 4 is 11.8 Å². The molecule has 1 N–H and O–H groups in total. The third-order valence-corrected chi connectivity index (χ3v) is 8.10. The molecule has 2 bridgehead atoms. The van der Waals surface area contributed by atoms with Crippen LogP contribution in [-0.4, -0.2) is 60.4 Å². The highest BCUT2D eigenvalue weighted by Crippen LogP contribution is 2.49. The van der Waals surface area contributed by atoms with E-state index in [4.69, 9.17) is 0 Å². The number of nitrogens with one attached hydrogen (secondary N) is 1. The maximum atomic E-state index is 12.6. The largest absolute Gasteiger partial charge is 0.352 e. The molecular weight excluding hydrogens is 350 g/mol. The first-order valence-electron chi connectivity index (χ1n) is 11.9. The van der Waals surface area contributed by atoms with Crippen LogP contribution in [0.2, 0.25) is 0 Å². The second-order valence-corrected chi connectivity index (χ2v) is 10.1. The van der Waals surface area contributed by atoms with Gasteiger partial charge in [0.1, 0.15) is 0 Å². The van der Waals surface area contributed by atoms with E-state index in [1.54, 1.807) is 0 Å². The Hall–Kier alpha value is -1.10. The molecule has 1 aliphatic heterocycles. The van der Waals surface area contributed by atoms with Crippen molar-refractivity contribution in [2.45, 2.75) is 77.2 Å². The van der Waals surface area contributed by atoms with Crippen molar-refractivity contribution in [3.63, 3.8) is 0 Å². The van der Waals surface area contributed by atoms with Crippen LogP contribution in [0.15, 0.2) is 0 Å². The normalized spacial score (nSPS) is 32.5. The number of hydrogen-bond donors (Lipinski definition) is 1. The molecule has 0 aromatic rings. The molecule has 4 fully saturated rings. The molecule has 4 aliphatic rings. The second-order valence-electron chi connectivity index (χ2n) is 10.1. The zero-order chi connectivity index (χ0) is 19.5. The Kier molecular flexibility index (Phi) is 6.59. The summed E-state index contributed by atoms with van der Waals surface area (Å²) in [7, 11) is 0. The van der Waals surface area contributed by atoms with E-state index >= 15 is 0 Å². The number of carbonyl (C=O) groups excluding carboxylic acids is 2. The Labute approximate surface area is 170 Å². The highest BCUT2D eigenvalue weighted by atomic mass is 16.2. The van der Waals surface area contributed by atoms with Gasteiger partial charge >= 0.3 is 0 Å². The fourth-order valence-electron chi connectivity index (χ4n) is 6.44. The van der Waals surface area contributed by atoms with Crippen molar-refractivity contribution in [3.05, 3.63) is 0 Å². The number of hydrogen-bond acceptors (Lipinski definition) is 3. The molecule has 5 heteroatoms. The summed E-state index contributed by atoms with van der Waals surface area (Å²) in [6.45, 7) is 5.89. The molecule has 1 saturated heterocycles. The summed E-state index contributed by atoms with van der Waals surface area (Å²) in [5.41, 5.74) is 0. The summed E-state index contributed by atoms with van der Waals surface area (Å²) >= 11 is 0. The molecule has 4 atom stereocenters. The third kappa shape index (κ3) is 4.90.